The van der Waals surface area contributed by atoms with Gasteiger partial charge in [0, 0.05) is 30.9 Å². The van der Waals surface area contributed by atoms with Gasteiger partial charge in [-0.3, -0.25) is 4.79 Å². The van der Waals surface area contributed by atoms with Gasteiger partial charge in [0.05, 0.1) is 6.54 Å². The van der Waals surface area contributed by atoms with Gasteiger partial charge in [-0.1, -0.05) is 12.1 Å². The summed E-state index contributed by atoms with van der Waals surface area (Å²) >= 11 is 0. The van der Waals surface area contributed by atoms with E-state index < -0.39 is 0 Å². The molecule has 0 spiro atoms. The lowest BCUT2D eigenvalue weighted by atomic mass is 10.1. The van der Waals surface area contributed by atoms with E-state index in [1.807, 2.05) is 45.9 Å². The van der Waals surface area contributed by atoms with Gasteiger partial charge in [-0.15, -0.1) is 24.0 Å². The normalized spacial score (nSPS) is 11.6. The Hall–Kier alpha value is -1.35. The summed E-state index contributed by atoms with van der Waals surface area (Å²) < 4.78 is 5.26. The lowest BCUT2D eigenvalue weighted by Crippen LogP contribution is -2.40. The Morgan fingerprint density at radius 3 is 2.68 bits per heavy atom. The van der Waals surface area contributed by atoms with Crippen molar-refractivity contribution in [2.75, 3.05) is 19.8 Å². The van der Waals surface area contributed by atoms with Crippen LogP contribution in [-0.4, -0.2) is 37.2 Å². The molecule has 1 rings (SSSR count). The smallest absolute Gasteiger partial charge is 0.251 e. The van der Waals surface area contributed by atoms with Crippen LogP contribution in [0.2, 0.25) is 0 Å². The van der Waals surface area contributed by atoms with Crippen LogP contribution >= 0.6 is 24.0 Å². The van der Waals surface area contributed by atoms with Gasteiger partial charge in [-0.25, -0.2) is 4.99 Å². The Labute approximate surface area is 168 Å². The van der Waals surface area contributed by atoms with E-state index in [1.165, 1.54) is 0 Å². The van der Waals surface area contributed by atoms with Gasteiger partial charge in [-0.2, -0.15) is 0 Å². The van der Waals surface area contributed by atoms with Crippen LogP contribution in [0.5, 0.6) is 0 Å². The largest absolute Gasteiger partial charge is 0.382 e. The molecular weight excluding hydrogens is 431 g/mol. The molecule has 0 aliphatic heterocycles. The second-order valence-electron chi connectivity index (χ2n) is 6.58. The lowest BCUT2D eigenvalue weighted by Gasteiger charge is -2.20. The third kappa shape index (κ3) is 11.0. The van der Waals surface area contributed by atoms with Crippen molar-refractivity contribution in [3.05, 3.63) is 35.4 Å². The Bertz CT molecular complexity index is 556. The molecule has 1 aromatic rings. The standard InChI is InChI=1S/C18H30N4O2.HI/c1-5-24-11-7-10-20-17(19)21-13-14-8-6-9-15(12-14)16(23)22-18(2,3)4;/h6,8-9,12H,5,7,10-11,13H2,1-4H3,(H,22,23)(H3,19,20,21);1H. The molecule has 4 N–H and O–H groups in total. The van der Waals surface area contributed by atoms with Crippen molar-refractivity contribution in [3.8, 4) is 0 Å². The highest BCUT2D eigenvalue weighted by atomic mass is 127. The fraction of sp³-hybridized carbons (Fsp3) is 0.556. The molecule has 0 heterocycles. The molecule has 0 atom stereocenters. The second kappa shape index (κ2) is 12.1. The van der Waals surface area contributed by atoms with Gasteiger partial charge in [0.2, 0.25) is 0 Å². The number of carbonyl (C=O) groups is 1. The number of hydrogen-bond acceptors (Lipinski definition) is 3. The summed E-state index contributed by atoms with van der Waals surface area (Å²) in [4.78, 5) is 16.5. The van der Waals surface area contributed by atoms with E-state index in [-0.39, 0.29) is 35.4 Å². The summed E-state index contributed by atoms with van der Waals surface area (Å²) in [5.41, 5.74) is 7.14. The van der Waals surface area contributed by atoms with E-state index in [0.29, 0.717) is 24.7 Å². The van der Waals surface area contributed by atoms with Crippen molar-refractivity contribution < 1.29 is 9.53 Å². The topological polar surface area (TPSA) is 88.7 Å². The number of nitrogens with one attached hydrogen (secondary N) is 2. The van der Waals surface area contributed by atoms with Gasteiger partial charge in [0.25, 0.3) is 5.91 Å². The summed E-state index contributed by atoms with van der Waals surface area (Å²) in [6.07, 6.45) is 0.881. The highest BCUT2D eigenvalue weighted by molar-refractivity contribution is 14.0. The number of hydrogen-bond donors (Lipinski definition) is 3. The Balaban J connectivity index is 0.00000576. The van der Waals surface area contributed by atoms with Crippen molar-refractivity contribution in [3.63, 3.8) is 0 Å². The Morgan fingerprint density at radius 1 is 1.32 bits per heavy atom. The maximum atomic E-state index is 12.2. The number of guanidine groups is 1. The summed E-state index contributed by atoms with van der Waals surface area (Å²) in [6.45, 7) is 10.4. The summed E-state index contributed by atoms with van der Waals surface area (Å²) in [6, 6.07) is 7.42. The first-order valence-electron chi connectivity index (χ1n) is 8.35. The van der Waals surface area contributed by atoms with Crippen LogP contribution in [0.1, 0.15) is 50.0 Å². The van der Waals surface area contributed by atoms with Crippen LogP contribution in [-0.2, 0) is 11.3 Å². The molecule has 142 valence electrons. The summed E-state index contributed by atoms with van der Waals surface area (Å²) in [5, 5.41) is 6.00. The van der Waals surface area contributed by atoms with Crippen molar-refractivity contribution in [1.82, 2.24) is 10.6 Å². The van der Waals surface area contributed by atoms with Gasteiger partial charge in [-0.05, 0) is 51.8 Å². The quantitative estimate of drug-likeness (QED) is 0.240. The zero-order valence-electron chi connectivity index (χ0n) is 15.6. The number of aliphatic imine (C=N–C) groups is 1. The highest BCUT2D eigenvalue weighted by Crippen LogP contribution is 2.09. The second-order valence-corrected chi connectivity index (χ2v) is 6.58. The van der Waals surface area contributed by atoms with E-state index in [1.54, 1.807) is 6.07 Å². The van der Waals surface area contributed by atoms with Crippen molar-refractivity contribution in [2.45, 2.75) is 46.2 Å². The minimum absolute atomic E-state index is 0. The third-order valence-electron chi connectivity index (χ3n) is 3.09. The van der Waals surface area contributed by atoms with E-state index >= 15 is 0 Å². The Kier molecular flexibility index (Phi) is 11.4. The van der Waals surface area contributed by atoms with Crippen molar-refractivity contribution >= 4 is 35.8 Å². The number of nitrogens with zero attached hydrogens (tertiary/aromatic N) is 1. The number of nitrogens with two attached hydrogens (primary N) is 1. The molecule has 0 saturated heterocycles. The molecule has 0 bridgehead atoms. The van der Waals surface area contributed by atoms with Crippen LogP contribution in [0.4, 0.5) is 0 Å². The van der Waals surface area contributed by atoms with Crippen molar-refractivity contribution in [1.29, 1.82) is 0 Å². The molecule has 0 saturated carbocycles. The maximum Gasteiger partial charge on any atom is 0.251 e. The summed E-state index contributed by atoms with van der Waals surface area (Å²) in [5.74, 6) is 0.311. The van der Waals surface area contributed by atoms with Crippen molar-refractivity contribution in [2.24, 2.45) is 10.7 Å². The molecular formula is C18H31IN4O2. The van der Waals surface area contributed by atoms with E-state index in [0.717, 1.165) is 25.1 Å². The number of carbonyl (C=O) groups excluding carboxylic acids is 1. The zero-order valence-corrected chi connectivity index (χ0v) is 17.9. The van der Waals surface area contributed by atoms with Crippen LogP contribution in [0, 0.1) is 0 Å². The molecule has 0 aliphatic rings. The third-order valence-corrected chi connectivity index (χ3v) is 3.09. The maximum absolute atomic E-state index is 12.2. The molecule has 0 fully saturated rings. The number of benzene rings is 1. The monoisotopic (exact) mass is 462 g/mol. The van der Waals surface area contributed by atoms with E-state index in [9.17, 15) is 4.79 Å². The highest BCUT2D eigenvalue weighted by Gasteiger charge is 2.15. The number of halogens is 1. The number of amides is 1. The summed E-state index contributed by atoms with van der Waals surface area (Å²) in [7, 11) is 0. The van der Waals surface area contributed by atoms with E-state index in [4.69, 9.17) is 10.5 Å². The number of ether oxygens (including phenoxy) is 1. The fourth-order valence-corrected chi connectivity index (χ4v) is 1.99. The first-order valence-corrected chi connectivity index (χ1v) is 8.35. The van der Waals surface area contributed by atoms with Crippen LogP contribution in [0.25, 0.3) is 0 Å². The molecule has 0 aliphatic carbocycles. The van der Waals surface area contributed by atoms with Gasteiger partial charge in [0.1, 0.15) is 0 Å². The molecule has 25 heavy (non-hydrogen) atoms. The van der Waals surface area contributed by atoms with Crippen LogP contribution in [0.3, 0.4) is 0 Å². The molecule has 0 radical (unpaired) electrons. The minimum atomic E-state index is -0.263. The van der Waals surface area contributed by atoms with Crippen LogP contribution < -0.4 is 16.4 Å². The average molecular weight is 462 g/mol. The fourth-order valence-electron chi connectivity index (χ4n) is 1.99. The van der Waals surface area contributed by atoms with E-state index in [2.05, 4.69) is 15.6 Å². The molecule has 6 nitrogen and oxygen atoms in total. The minimum Gasteiger partial charge on any atom is -0.382 e. The predicted octanol–water partition coefficient (Wildman–Crippen LogP) is 2.66. The van der Waals surface area contributed by atoms with Gasteiger partial charge < -0.3 is 21.1 Å². The molecule has 1 amide bonds. The molecule has 1 aromatic carbocycles. The SMILES string of the molecule is CCOCCCNC(N)=NCc1cccc(C(=O)NC(C)(C)C)c1.I. The molecule has 0 unspecified atom stereocenters. The first-order chi connectivity index (χ1) is 11.3. The van der Waals surface area contributed by atoms with Gasteiger partial charge in [0.15, 0.2) is 5.96 Å². The zero-order chi connectivity index (χ0) is 18.0. The van der Waals surface area contributed by atoms with Gasteiger partial charge >= 0.3 is 0 Å². The predicted molar refractivity (Wildman–Crippen MR) is 114 cm³/mol. The first kappa shape index (κ1) is 23.6. The lowest BCUT2D eigenvalue weighted by molar-refractivity contribution is 0.0919. The number of rotatable bonds is 8. The Morgan fingerprint density at radius 2 is 2.04 bits per heavy atom. The van der Waals surface area contributed by atoms with Crippen LogP contribution in [0.15, 0.2) is 29.3 Å². The average Bonchev–Trinajstić information content (AvgIpc) is 2.51. The molecule has 0 aromatic heterocycles. The molecule has 7 heteroatoms.